The van der Waals surface area contributed by atoms with Crippen LogP contribution in [0.15, 0.2) is 340 Å². The van der Waals surface area contributed by atoms with Crippen LogP contribution in [-0.2, 0) is 34.5 Å². The van der Waals surface area contributed by atoms with Crippen LogP contribution in [0.2, 0.25) is 0 Å². The van der Waals surface area contributed by atoms with Crippen molar-refractivity contribution in [1.82, 2.24) is 0 Å². The molecule has 0 fully saturated rings. The molecule has 20 rings (SSSR count). The Labute approximate surface area is 912 Å². The first kappa shape index (κ1) is 77.2. The van der Waals surface area contributed by atoms with Crippen molar-refractivity contribution in [3.05, 3.63) is 429 Å². The minimum absolute atomic E-state index is 0.0262. The van der Waals surface area contributed by atoms with Crippen LogP contribution in [0, 0.1) is 13.7 Å². The summed E-state index contributed by atoms with van der Waals surface area (Å²) in [5, 5.41) is 0. The maximum atomic E-state index is 9.60. The maximum absolute atomic E-state index is 9.60. The van der Waals surface area contributed by atoms with Gasteiger partial charge in [0.15, 0.2) is 0 Å². The van der Waals surface area contributed by atoms with E-state index in [2.05, 4.69) is 263 Å². The molecule has 0 saturated carbocycles. The summed E-state index contributed by atoms with van der Waals surface area (Å²) >= 11 is 0. The summed E-state index contributed by atoms with van der Waals surface area (Å²) in [5.74, 6) is -8.14. The van der Waals surface area contributed by atoms with E-state index >= 15 is 0 Å². The van der Waals surface area contributed by atoms with Crippen LogP contribution >= 0.6 is 0 Å². The molecule has 0 spiro atoms. The van der Waals surface area contributed by atoms with Gasteiger partial charge in [0.05, 0.1) is 0 Å². The van der Waals surface area contributed by atoms with Crippen LogP contribution < -0.4 is 19.6 Å². The van der Waals surface area contributed by atoms with Gasteiger partial charge >= 0.3 is 0 Å². The predicted molar refractivity (Wildman–Crippen MR) is 636 cm³/mol. The van der Waals surface area contributed by atoms with Gasteiger partial charge in [-0.2, -0.15) is 0 Å². The molecular weight excluding hydrogens is 1760 g/mol. The molecule has 0 bridgehead atoms. The van der Waals surface area contributed by atoms with Gasteiger partial charge < -0.3 is 19.6 Å². The zero-order valence-corrected chi connectivity index (χ0v) is 90.3. The fraction of sp³-hybridized carbons (Fsp3) is 0.324. The Bertz CT molecular complexity index is 8320. The van der Waals surface area contributed by atoms with E-state index < -0.39 is 99.4 Å². The summed E-state index contributed by atoms with van der Waals surface area (Å²) in [5.41, 5.74) is 28.1. The highest BCUT2D eigenvalue weighted by Crippen LogP contribution is 2.63. The maximum Gasteiger partial charge on any atom is 0.0498 e. The Morgan fingerprint density at radius 1 is 0.253 bits per heavy atom. The number of hydrogen-bond donors (Lipinski definition) is 0. The van der Waals surface area contributed by atoms with Gasteiger partial charge in [-0.15, -0.1) is 0 Å². The lowest BCUT2D eigenvalue weighted by Gasteiger charge is -2.44. The molecule has 4 nitrogen and oxygen atoms in total. The van der Waals surface area contributed by atoms with Crippen LogP contribution in [0.1, 0.15) is 353 Å². The Morgan fingerprint density at radius 2 is 0.548 bits per heavy atom. The van der Waals surface area contributed by atoms with Gasteiger partial charge in [-0.1, -0.05) is 440 Å². The Hall–Kier alpha value is -13.3. The summed E-state index contributed by atoms with van der Waals surface area (Å²) in [6, 6.07) is 110. The molecule has 0 aliphatic heterocycles. The molecule has 0 radical (unpaired) electrons. The number of benzene rings is 16. The average Bonchev–Trinajstić information content (AvgIpc) is 1.50. The summed E-state index contributed by atoms with van der Waals surface area (Å²) in [4.78, 5) is 8.42. The van der Waals surface area contributed by atoms with Gasteiger partial charge in [-0.3, -0.25) is 0 Å². The van der Waals surface area contributed by atoms with Crippen molar-refractivity contribution in [2.24, 2.45) is 0 Å². The number of nitrogens with zero attached hydrogens (tertiary/aromatic N) is 4. The molecule has 4 aliphatic carbocycles. The molecule has 4 aliphatic rings. The molecule has 146 heavy (non-hydrogen) atoms. The fourth-order valence-electron chi connectivity index (χ4n) is 23.9. The molecule has 0 aromatic heterocycles. The molecule has 16 aromatic carbocycles. The predicted octanol–water partition coefficient (Wildman–Crippen LogP) is 40.6. The van der Waals surface area contributed by atoms with Gasteiger partial charge in [0.25, 0.3) is 0 Å². The standard InChI is InChI=1S/2C37H43N.C35H39N.C33H35N/c2*1-24(2)27-22-23-30-29-18-13-14-20-31(29)37(8,9)34(30)35(27)38(36(5,6)7)32-21-15-19-28(33(32)25(3)4)26-16-11-10-12-17-26;1-8-24-22-23-29-28-18-13-14-20-30(28)35(6,7)32(29)33(24)36(34(3,4)5)31-21-15-19-27(26(31)9-2)25-16-11-10-12-17-25;1-22-20-21-27-26-16-11-12-18-28(26)33(6,7)30(27)31(22)34(32(3,4)5)29-19-13-17-25(23(29)2)24-14-9-8-10-15-24/h2*10-25H,1-9H3;10-23H,8-9H2,1-7H3;8-21H,1-7H3/i1D3,2D3,3D3,4D3,24D,25D;24D,25D;8D,9D;1D3,2D3. The molecule has 2 unspecified atom stereocenters. The molecular formula is C142H160N4. The lowest BCUT2D eigenvalue weighted by molar-refractivity contribution is 0.547. The van der Waals surface area contributed by atoms with Crippen LogP contribution in [0.3, 0.4) is 0 Å². The molecule has 16 aromatic rings. The third-order valence-corrected chi connectivity index (χ3v) is 30.1. The normalized spacial score (nSPS) is 17.7. The second-order valence-electron chi connectivity index (χ2n) is 45.9. The SMILES string of the molecule is [2H]C(C)(C)c1ccc2c(c1N(c1cccc(-c3ccccc3)c1C([2H])(C)C)C(C)(C)C)C(C)(C)c1ccccc1-2.[2H]C(C)c1ccc2c(c1N(c1cccc(-c3ccccc3)c1C([2H])C)C(C)(C)C)C(C)(C)c1ccccc1-2.[2H]C([2H])([2H])C([2H])(c1ccc2c(c1N(c1cccc(-c3ccccc3)c1C([2H])(C([2H])([2H])[2H])C([2H])([2H])[2H])C(C)(C)C)C(C)(C)c1ccccc1-2)C([2H])([2H])[2H].[2H]C([2H])([2H])c1ccc2c(c1N(c1cccc(-c3ccccc3)c1C([2H])([2H])[2H])C(C)(C)C)C(C)(C)c1ccccc1-2. The first-order valence-electron chi connectivity index (χ1n) is 63.6. The second kappa shape index (κ2) is 40.2. The monoisotopic (exact) mass is 1950 g/mol. The quantitative estimate of drug-likeness (QED) is 0.0849. The van der Waals surface area contributed by atoms with Crippen molar-refractivity contribution in [2.45, 2.75) is 301 Å². The highest BCUT2D eigenvalue weighted by atomic mass is 15.2. The lowest BCUT2D eigenvalue weighted by Crippen LogP contribution is -2.40. The third kappa shape index (κ3) is 18.7. The second-order valence-corrected chi connectivity index (χ2v) is 45.9. The number of rotatable bonds is 18. The van der Waals surface area contributed by atoms with E-state index in [1.54, 1.807) is 80.3 Å². The van der Waals surface area contributed by atoms with Gasteiger partial charge in [0, 0.05) is 122 Å². The van der Waals surface area contributed by atoms with Crippen molar-refractivity contribution >= 4 is 45.5 Å². The van der Waals surface area contributed by atoms with Crippen LogP contribution in [0.4, 0.5) is 45.5 Å². The van der Waals surface area contributed by atoms with E-state index in [4.69, 9.17) is 27.4 Å². The van der Waals surface area contributed by atoms with Crippen molar-refractivity contribution in [1.29, 1.82) is 0 Å². The minimum Gasteiger partial charge on any atom is -0.335 e. The summed E-state index contributed by atoms with van der Waals surface area (Å²) in [6.45, 7) is 35.4. The molecule has 4 heteroatoms. The first-order valence-corrected chi connectivity index (χ1v) is 51.5. The third-order valence-electron chi connectivity index (χ3n) is 30.1. The number of hydrogen-bond acceptors (Lipinski definition) is 4. The highest BCUT2D eigenvalue weighted by molar-refractivity contribution is 5.97. The van der Waals surface area contributed by atoms with E-state index in [1.165, 1.54) is 56.6 Å². The van der Waals surface area contributed by atoms with Crippen LogP contribution in [0.5, 0.6) is 0 Å². The van der Waals surface area contributed by atoms with Crippen molar-refractivity contribution in [3.63, 3.8) is 0 Å². The lowest BCUT2D eigenvalue weighted by atomic mass is 9.78. The molecule has 748 valence electrons. The average molecular weight is 1950 g/mol. The molecule has 0 saturated heterocycles. The van der Waals surface area contributed by atoms with E-state index in [-0.39, 0.29) is 61.1 Å². The van der Waals surface area contributed by atoms with E-state index in [0.717, 1.165) is 106 Å². The number of anilines is 8. The van der Waals surface area contributed by atoms with Gasteiger partial charge in [-0.25, -0.2) is 0 Å². The summed E-state index contributed by atoms with van der Waals surface area (Å²) in [6.07, 6.45) is -0.820. The number of aryl methyl sites for hydroxylation is 2. The molecule has 0 N–H and O–H groups in total. The van der Waals surface area contributed by atoms with E-state index in [1.807, 2.05) is 184 Å². The Morgan fingerprint density at radius 3 is 0.904 bits per heavy atom. The Kier molecular flexibility index (Phi) is 21.2. The zero-order valence-electron chi connectivity index (χ0n) is 114. The highest BCUT2D eigenvalue weighted by Gasteiger charge is 2.48. The fourth-order valence-corrected chi connectivity index (χ4v) is 23.9. The number of fused-ring (bicyclic) bond motifs is 12. The van der Waals surface area contributed by atoms with Crippen LogP contribution in [0.25, 0.3) is 89.0 Å². The van der Waals surface area contributed by atoms with E-state index in [0.29, 0.717) is 33.6 Å². The van der Waals surface area contributed by atoms with Crippen LogP contribution in [-0.4, -0.2) is 22.2 Å². The molecule has 2 atom stereocenters. The smallest absolute Gasteiger partial charge is 0.0498 e. The zero-order chi connectivity index (χ0) is 125. The summed E-state index contributed by atoms with van der Waals surface area (Å²) < 4.78 is 210. The van der Waals surface area contributed by atoms with Crippen molar-refractivity contribution in [2.75, 3.05) is 19.6 Å². The van der Waals surface area contributed by atoms with Gasteiger partial charge in [0.1, 0.15) is 0 Å². The van der Waals surface area contributed by atoms with Gasteiger partial charge in [0.2, 0.25) is 0 Å². The first-order chi connectivity index (χ1) is 78.6. The topological polar surface area (TPSA) is 13.0 Å². The van der Waals surface area contributed by atoms with Gasteiger partial charge in [-0.05, 0) is 335 Å². The largest absolute Gasteiger partial charge is 0.335 e. The minimum atomic E-state index is -3.42. The van der Waals surface area contributed by atoms with Crippen molar-refractivity contribution in [3.8, 4) is 89.0 Å². The summed E-state index contributed by atoms with van der Waals surface area (Å²) in [7, 11) is 0. The van der Waals surface area contributed by atoms with E-state index in [9.17, 15) is 5.48 Å². The molecule has 0 heterocycles. The Balaban J connectivity index is 0.000000152. The van der Waals surface area contributed by atoms with Crippen molar-refractivity contribution < 1.29 is 32.9 Å². The molecule has 0 amide bonds.